The number of nitrogens with two attached hydrogens (primary N) is 1. The number of carbonyl (C=O) groups excluding carboxylic acids is 1. The van der Waals surface area contributed by atoms with E-state index in [0.717, 1.165) is 44.7 Å². The van der Waals surface area contributed by atoms with Gasteiger partial charge in [-0.15, -0.1) is 0 Å². The molecule has 0 radical (unpaired) electrons. The number of rotatable bonds is 6. The number of allylic oxidation sites excluding steroid dienone is 1. The third-order valence-corrected chi connectivity index (χ3v) is 5.51. The van der Waals surface area contributed by atoms with Gasteiger partial charge in [0, 0.05) is 48.2 Å². The zero-order valence-corrected chi connectivity index (χ0v) is 15.1. The SMILES string of the molecule is N=C/C(=C\NC1CC1)c1nc(NC2CCCC[C@@H]2N)c(F)c2c1C(=O)NC2. The zero-order chi connectivity index (χ0) is 19.0. The molecule has 2 aliphatic carbocycles. The first-order chi connectivity index (χ1) is 13.1. The number of amides is 1. The highest BCUT2D eigenvalue weighted by molar-refractivity contribution is 6.13. The van der Waals surface area contributed by atoms with Gasteiger partial charge in [-0.2, -0.15) is 0 Å². The Balaban J connectivity index is 1.73. The third-order valence-electron chi connectivity index (χ3n) is 5.51. The van der Waals surface area contributed by atoms with Crippen molar-refractivity contribution in [3.63, 3.8) is 0 Å². The largest absolute Gasteiger partial charge is 0.388 e. The normalized spacial score (nSPS) is 25.0. The van der Waals surface area contributed by atoms with E-state index in [1.807, 2.05) is 0 Å². The van der Waals surface area contributed by atoms with Crippen molar-refractivity contribution in [2.75, 3.05) is 5.32 Å². The lowest BCUT2D eigenvalue weighted by Gasteiger charge is -2.30. The van der Waals surface area contributed by atoms with Crippen LogP contribution in [0.3, 0.4) is 0 Å². The van der Waals surface area contributed by atoms with Crippen molar-refractivity contribution in [3.05, 3.63) is 28.8 Å². The minimum atomic E-state index is -0.510. The summed E-state index contributed by atoms with van der Waals surface area (Å²) in [6, 6.07) is 0.305. The summed E-state index contributed by atoms with van der Waals surface area (Å²) in [5.41, 5.74) is 7.50. The van der Waals surface area contributed by atoms with Crippen molar-refractivity contribution in [2.24, 2.45) is 5.73 Å². The molecule has 27 heavy (non-hydrogen) atoms. The van der Waals surface area contributed by atoms with Gasteiger partial charge in [0.15, 0.2) is 11.6 Å². The summed E-state index contributed by atoms with van der Waals surface area (Å²) < 4.78 is 15.1. The number of hydrogen-bond acceptors (Lipinski definition) is 6. The lowest BCUT2D eigenvalue weighted by atomic mass is 9.91. The topological polar surface area (TPSA) is 116 Å². The lowest BCUT2D eigenvalue weighted by molar-refractivity contribution is 0.0965. The summed E-state index contributed by atoms with van der Waals surface area (Å²) in [5, 5.41) is 16.8. The van der Waals surface area contributed by atoms with Crippen LogP contribution in [0.4, 0.5) is 10.2 Å². The maximum absolute atomic E-state index is 15.1. The fourth-order valence-electron chi connectivity index (χ4n) is 3.73. The quantitative estimate of drug-likeness (QED) is 0.489. The number of anilines is 1. The Hall–Kier alpha value is -2.48. The highest BCUT2D eigenvalue weighted by atomic mass is 19.1. The molecule has 4 rings (SSSR count). The van der Waals surface area contributed by atoms with Gasteiger partial charge in [-0.05, 0) is 25.7 Å². The fourth-order valence-corrected chi connectivity index (χ4v) is 3.73. The second kappa shape index (κ2) is 7.26. The summed E-state index contributed by atoms with van der Waals surface area (Å²) in [4.78, 5) is 16.7. The average molecular weight is 372 g/mol. The van der Waals surface area contributed by atoms with Crippen LogP contribution in [0.1, 0.15) is 60.1 Å². The van der Waals surface area contributed by atoms with E-state index in [0.29, 0.717) is 22.9 Å². The average Bonchev–Trinajstić information content (AvgIpc) is 3.41. The number of carbonyl (C=O) groups is 1. The van der Waals surface area contributed by atoms with E-state index in [4.69, 9.17) is 11.1 Å². The number of pyridine rings is 1. The molecule has 1 unspecified atom stereocenters. The Bertz CT molecular complexity index is 804. The van der Waals surface area contributed by atoms with Gasteiger partial charge < -0.3 is 27.1 Å². The fraction of sp³-hybridized carbons (Fsp3) is 0.526. The number of aromatic nitrogens is 1. The Morgan fingerprint density at radius 3 is 2.78 bits per heavy atom. The maximum atomic E-state index is 15.1. The maximum Gasteiger partial charge on any atom is 0.254 e. The van der Waals surface area contributed by atoms with E-state index in [-0.39, 0.29) is 35.9 Å². The van der Waals surface area contributed by atoms with Gasteiger partial charge in [0.05, 0.1) is 11.3 Å². The predicted octanol–water partition coefficient (Wildman–Crippen LogP) is 1.89. The standard InChI is InChI=1S/C19H25FN6O/c20-16-12-9-24-19(27)15(12)17(10(7-21)8-23-11-5-6-11)26-18(16)25-14-4-2-1-3-13(14)22/h7-8,11,13-14,21,23H,1-6,9,22H2,(H,24,27)(H,25,26)/b10-8+,21-7?/t13-,14?/m0/s1. The molecule has 0 saturated heterocycles. The monoisotopic (exact) mass is 372 g/mol. The molecular formula is C19H25FN6O. The van der Waals surface area contributed by atoms with E-state index in [1.165, 1.54) is 0 Å². The summed E-state index contributed by atoms with van der Waals surface area (Å²) >= 11 is 0. The molecule has 2 saturated carbocycles. The van der Waals surface area contributed by atoms with Crippen LogP contribution in [0.2, 0.25) is 0 Å². The van der Waals surface area contributed by atoms with Crippen LogP contribution in [-0.4, -0.2) is 35.2 Å². The molecule has 2 fully saturated rings. The van der Waals surface area contributed by atoms with Gasteiger partial charge in [-0.25, -0.2) is 9.37 Å². The first-order valence-electron chi connectivity index (χ1n) is 9.58. The molecule has 0 aromatic carbocycles. The number of halogens is 1. The summed E-state index contributed by atoms with van der Waals surface area (Å²) in [7, 11) is 0. The van der Waals surface area contributed by atoms with Crippen LogP contribution in [0.5, 0.6) is 0 Å². The summed E-state index contributed by atoms with van der Waals surface area (Å²) in [6.07, 6.45) is 8.91. The van der Waals surface area contributed by atoms with Crippen LogP contribution < -0.4 is 21.7 Å². The highest BCUT2D eigenvalue weighted by Crippen LogP contribution is 2.31. The summed E-state index contributed by atoms with van der Waals surface area (Å²) in [5.74, 6) is -0.752. The molecule has 2 heterocycles. The van der Waals surface area contributed by atoms with Crippen LogP contribution in [-0.2, 0) is 6.54 Å². The summed E-state index contributed by atoms with van der Waals surface area (Å²) in [6.45, 7) is 0.127. The Labute approximate surface area is 157 Å². The first-order valence-corrected chi connectivity index (χ1v) is 9.58. The van der Waals surface area contributed by atoms with Gasteiger partial charge in [0.25, 0.3) is 5.91 Å². The van der Waals surface area contributed by atoms with E-state index in [2.05, 4.69) is 20.9 Å². The highest BCUT2D eigenvalue weighted by Gasteiger charge is 2.32. The molecule has 1 aliphatic heterocycles. The molecule has 1 aromatic heterocycles. The molecule has 144 valence electrons. The minimum absolute atomic E-state index is 0.0475. The molecule has 2 atom stereocenters. The Morgan fingerprint density at radius 2 is 2.07 bits per heavy atom. The molecule has 1 aromatic rings. The van der Waals surface area contributed by atoms with E-state index >= 15 is 4.39 Å². The number of nitrogens with zero attached hydrogens (tertiary/aromatic N) is 1. The van der Waals surface area contributed by atoms with Crippen LogP contribution >= 0.6 is 0 Å². The Kier molecular flexibility index (Phi) is 4.82. The number of fused-ring (bicyclic) bond motifs is 1. The van der Waals surface area contributed by atoms with Gasteiger partial charge in [0.1, 0.15) is 0 Å². The van der Waals surface area contributed by atoms with Crippen molar-refractivity contribution in [3.8, 4) is 0 Å². The third kappa shape index (κ3) is 3.53. The van der Waals surface area contributed by atoms with Crippen LogP contribution in [0.15, 0.2) is 6.20 Å². The van der Waals surface area contributed by atoms with E-state index in [9.17, 15) is 4.79 Å². The van der Waals surface area contributed by atoms with E-state index in [1.54, 1.807) is 6.20 Å². The molecule has 7 nitrogen and oxygen atoms in total. The molecule has 6 N–H and O–H groups in total. The van der Waals surface area contributed by atoms with Gasteiger partial charge in [-0.3, -0.25) is 4.79 Å². The van der Waals surface area contributed by atoms with Crippen LogP contribution in [0, 0.1) is 11.2 Å². The van der Waals surface area contributed by atoms with Gasteiger partial charge >= 0.3 is 0 Å². The molecular weight excluding hydrogens is 347 g/mol. The minimum Gasteiger partial charge on any atom is -0.388 e. The van der Waals surface area contributed by atoms with Crippen molar-refractivity contribution in [1.82, 2.24) is 15.6 Å². The van der Waals surface area contributed by atoms with Gasteiger partial charge in [0.2, 0.25) is 0 Å². The number of nitrogens with one attached hydrogen (secondary N) is 4. The van der Waals surface area contributed by atoms with Crippen molar-refractivity contribution >= 4 is 23.5 Å². The molecule has 8 heteroatoms. The second-order valence-electron chi connectivity index (χ2n) is 7.54. The molecule has 0 bridgehead atoms. The van der Waals surface area contributed by atoms with Crippen molar-refractivity contribution < 1.29 is 9.18 Å². The smallest absolute Gasteiger partial charge is 0.254 e. The molecule has 1 amide bonds. The molecule has 0 spiro atoms. The van der Waals surface area contributed by atoms with Crippen LogP contribution in [0.25, 0.3) is 5.57 Å². The first kappa shape index (κ1) is 17.9. The lowest BCUT2D eigenvalue weighted by Crippen LogP contribution is -2.43. The predicted molar refractivity (Wildman–Crippen MR) is 102 cm³/mol. The van der Waals surface area contributed by atoms with Gasteiger partial charge in [-0.1, -0.05) is 12.8 Å². The van der Waals surface area contributed by atoms with Crippen molar-refractivity contribution in [2.45, 2.75) is 63.2 Å². The Morgan fingerprint density at radius 1 is 1.30 bits per heavy atom. The number of hydrogen-bond donors (Lipinski definition) is 5. The second-order valence-corrected chi connectivity index (χ2v) is 7.54. The van der Waals surface area contributed by atoms with E-state index < -0.39 is 5.82 Å². The zero-order valence-electron chi connectivity index (χ0n) is 15.1. The van der Waals surface area contributed by atoms with Crippen molar-refractivity contribution in [1.29, 1.82) is 5.41 Å². The molecule has 3 aliphatic rings.